The molecule has 4 rings (SSSR count). The van der Waals surface area contributed by atoms with Crippen LogP contribution < -0.4 is 9.47 Å². The molecule has 3 aromatic rings. The molecule has 0 saturated carbocycles. The lowest BCUT2D eigenvalue weighted by atomic mass is 10.1. The highest BCUT2D eigenvalue weighted by Crippen LogP contribution is 2.29. The summed E-state index contributed by atoms with van der Waals surface area (Å²) in [5.41, 5.74) is 4.81. The first-order chi connectivity index (χ1) is 13.2. The van der Waals surface area contributed by atoms with Crippen molar-refractivity contribution in [1.82, 2.24) is 14.5 Å². The zero-order valence-electron chi connectivity index (χ0n) is 16.1. The van der Waals surface area contributed by atoms with Crippen LogP contribution in [0.15, 0.2) is 48.5 Å². The van der Waals surface area contributed by atoms with Crippen LogP contribution in [-0.2, 0) is 26.6 Å². The third-order valence-corrected chi connectivity index (χ3v) is 5.25. The summed E-state index contributed by atoms with van der Waals surface area (Å²) in [5, 5.41) is 0. The van der Waals surface area contributed by atoms with Crippen molar-refractivity contribution in [2.45, 2.75) is 19.5 Å². The highest BCUT2D eigenvalue weighted by Gasteiger charge is 2.24. The number of aromatic nitrogens is 2. The van der Waals surface area contributed by atoms with Crippen LogP contribution in [0, 0.1) is 0 Å². The zero-order valence-corrected chi connectivity index (χ0v) is 16.1. The van der Waals surface area contributed by atoms with Crippen LogP contribution in [0.1, 0.15) is 17.0 Å². The maximum Gasteiger partial charge on any atom is 0.140 e. The molecule has 5 heteroatoms. The van der Waals surface area contributed by atoms with E-state index in [2.05, 4.69) is 46.8 Å². The van der Waals surface area contributed by atoms with Crippen molar-refractivity contribution in [3.05, 3.63) is 65.5 Å². The Morgan fingerprint density at radius 3 is 2.59 bits per heavy atom. The van der Waals surface area contributed by atoms with Crippen molar-refractivity contribution in [3.8, 4) is 22.9 Å². The summed E-state index contributed by atoms with van der Waals surface area (Å²) in [6, 6.07) is 16.4. The van der Waals surface area contributed by atoms with Gasteiger partial charge in [-0.05, 0) is 18.2 Å². The molecule has 27 heavy (non-hydrogen) atoms. The maximum atomic E-state index is 5.54. The number of ether oxygens (including phenoxy) is 2. The summed E-state index contributed by atoms with van der Waals surface area (Å²) in [6.07, 6.45) is 0.961. The molecule has 0 N–H and O–H groups in total. The molecular weight excluding hydrogens is 338 g/mol. The molecule has 1 aliphatic rings. The number of imidazole rings is 1. The summed E-state index contributed by atoms with van der Waals surface area (Å²) < 4.78 is 13.2. The topological polar surface area (TPSA) is 39.5 Å². The van der Waals surface area contributed by atoms with Crippen LogP contribution in [0.5, 0.6) is 11.5 Å². The molecule has 5 nitrogen and oxygen atoms in total. The number of methoxy groups -OCH3 is 2. The minimum Gasteiger partial charge on any atom is -0.497 e. The van der Waals surface area contributed by atoms with Crippen molar-refractivity contribution in [2.24, 2.45) is 7.05 Å². The van der Waals surface area contributed by atoms with Crippen LogP contribution in [0.25, 0.3) is 11.4 Å². The first-order valence-corrected chi connectivity index (χ1v) is 9.22. The van der Waals surface area contributed by atoms with Gasteiger partial charge in [0, 0.05) is 44.2 Å². The standard InChI is InChI=1S/C22H25N3O2/c1-24-20-15-25(14-17-13-18(26-2)9-10-21(17)27-3)12-11-19(20)23-22(24)16-7-5-4-6-8-16/h4-10,13H,11-12,14-15H2,1-3H3. The van der Waals surface area contributed by atoms with Gasteiger partial charge in [0.15, 0.2) is 0 Å². The fourth-order valence-corrected chi connectivity index (χ4v) is 3.77. The molecule has 2 heterocycles. The van der Waals surface area contributed by atoms with Gasteiger partial charge in [-0.3, -0.25) is 4.90 Å². The monoisotopic (exact) mass is 363 g/mol. The van der Waals surface area contributed by atoms with Gasteiger partial charge in [0.2, 0.25) is 0 Å². The molecule has 2 aromatic carbocycles. The van der Waals surface area contributed by atoms with E-state index < -0.39 is 0 Å². The largest absolute Gasteiger partial charge is 0.497 e. The highest BCUT2D eigenvalue weighted by molar-refractivity contribution is 5.57. The molecular formula is C22H25N3O2. The highest BCUT2D eigenvalue weighted by atomic mass is 16.5. The summed E-state index contributed by atoms with van der Waals surface area (Å²) in [6.45, 7) is 2.69. The lowest BCUT2D eigenvalue weighted by molar-refractivity contribution is 0.234. The molecule has 0 aliphatic carbocycles. The molecule has 0 atom stereocenters. The second kappa shape index (κ2) is 7.45. The second-order valence-corrected chi connectivity index (χ2v) is 6.89. The van der Waals surface area contributed by atoms with Gasteiger partial charge in [-0.25, -0.2) is 4.98 Å². The molecule has 0 amide bonds. The lowest BCUT2D eigenvalue weighted by Gasteiger charge is -2.27. The third kappa shape index (κ3) is 3.43. The van der Waals surface area contributed by atoms with Gasteiger partial charge in [0.1, 0.15) is 17.3 Å². The van der Waals surface area contributed by atoms with E-state index in [0.29, 0.717) is 0 Å². The van der Waals surface area contributed by atoms with Gasteiger partial charge in [-0.1, -0.05) is 30.3 Å². The third-order valence-electron chi connectivity index (χ3n) is 5.25. The second-order valence-electron chi connectivity index (χ2n) is 6.89. The number of rotatable bonds is 5. The smallest absolute Gasteiger partial charge is 0.140 e. The number of nitrogens with zero attached hydrogens (tertiary/aromatic N) is 3. The quantitative estimate of drug-likeness (QED) is 0.693. The Morgan fingerprint density at radius 2 is 1.85 bits per heavy atom. The van der Waals surface area contributed by atoms with Gasteiger partial charge in [-0.2, -0.15) is 0 Å². The Kier molecular flexibility index (Phi) is 4.86. The van der Waals surface area contributed by atoms with Crippen molar-refractivity contribution in [2.75, 3.05) is 20.8 Å². The predicted octanol–water partition coefficient (Wildman–Crippen LogP) is 3.66. The number of benzene rings is 2. The summed E-state index contributed by atoms with van der Waals surface area (Å²) in [4.78, 5) is 7.36. The molecule has 0 fully saturated rings. The molecule has 0 radical (unpaired) electrons. The van der Waals surface area contributed by atoms with Crippen molar-refractivity contribution >= 4 is 0 Å². The average Bonchev–Trinajstić information content (AvgIpc) is 3.05. The maximum absolute atomic E-state index is 5.54. The fraction of sp³-hybridized carbons (Fsp3) is 0.318. The molecule has 0 unspecified atom stereocenters. The Labute approximate surface area is 160 Å². The van der Waals surface area contributed by atoms with Crippen LogP contribution in [-0.4, -0.2) is 35.2 Å². The molecule has 1 aliphatic heterocycles. The van der Waals surface area contributed by atoms with Gasteiger partial charge in [0.25, 0.3) is 0 Å². The number of hydrogen-bond donors (Lipinski definition) is 0. The minimum atomic E-state index is 0.825. The number of fused-ring (bicyclic) bond motifs is 1. The molecule has 0 spiro atoms. The SMILES string of the molecule is COc1ccc(OC)c(CN2CCc3nc(-c4ccccc4)n(C)c3C2)c1. The van der Waals surface area contributed by atoms with Crippen molar-refractivity contribution in [3.63, 3.8) is 0 Å². The average molecular weight is 363 g/mol. The first-order valence-electron chi connectivity index (χ1n) is 9.22. The Morgan fingerprint density at radius 1 is 1.04 bits per heavy atom. The first kappa shape index (κ1) is 17.6. The van der Waals surface area contributed by atoms with E-state index in [9.17, 15) is 0 Å². The van der Waals surface area contributed by atoms with Crippen LogP contribution in [0.2, 0.25) is 0 Å². The minimum absolute atomic E-state index is 0.825. The molecule has 140 valence electrons. The van der Waals surface area contributed by atoms with E-state index in [4.69, 9.17) is 14.5 Å². The molecule has 1 aromatic heterocycles. The van der Waals surface area contributed by atoms with Crippen LogP contribution >= 0.6 is 0 Å². The Balaban J connectivity index is 1.58. The Hall–Kier alpha value is -2.79. The van der Waals surface area contributed by atoms with Crippen LogP contribution in [0.3, 0.4) is 0 Å². The lowest BCUT2D eigenvalue weighted by Crippen LogP contribution is -2.31. The molecule has 0 bridgehead atoms. The van der Waals surface area contributed by atoms with Crippen molar-refractivity contribution < 1.29 is 9.47 Å². The normalized spacial score (nSPS) is 14.0. The van der Waals surface area contributed by atoms with Gasteiger partial charge >= 0.3 is 0 Å². The summed E-state index contributed by atoms with van der Waals surface area (Å²) >= 11 is 0. The van der Waals surface area contributed by atoms with Gasteiger partial charge in [-0.15, -0.1) is 0 Å². The van der Waals surface area contributed by atoms with E-state index in [-0.39, 0.29) is 0 Å². The van der Waals surface area contributed by atoms with E-state index in [1.807, 2.05) is 18.2 Å². The van der Waals surface area contributed by atoms with Crippen LogP contribution in [0.4, 0.5) is 0 Å². The van der Waals surface area contributed by atoms with Crippen molar-refractivity contribution in [1.29, 1.82) is 0 Å². The van der Waals surface area contributed by atoms with Gasteiger partial charge < -0.3 is 14.0 Å². The summed E-state index contributed by atoms with van der Waals surface area (Å²) in [7, 11) is 5.52. The molecule has 0 saturated heterocycles. The van der Waals surface area contributed by atoms with E-state index >= 15 is 0 Å². The Bertz CT molecular complexity index is 934. The zero-order chi connectivity index (χ0) is 18.8. The van der Waals surface area contributed by atoms with Gasteiger partial charge in [0.05, 0.1) is 25.6 Å². The predicted molar refractivity (Wildman–Crippen MR) is 106 cm³/mol. The number of hydrogen-bond acceptors (Lipinski definition) is 4. The van der Waals surface area contributed by atoms with E-state index in [1.165, 1.54) is 11.4 Å². The summed E-state index contributed by atoms with van der Waals surface area (Å²) in [5.74, 6) is 2.80. The van der Waals surface area contributed by atoms with E-state index in [1.54, 1.807) is 14.2 Å². The van der Waals surface area contributed by atoms with E-state index in [0.717, 1.165) is 54.5 Å². The fourth-order valence-electron chi connectivity index (χ4n) is 3.77.